The van der Waals surface area contributed by atoms with Crippen LogP contribution in [0.2, 0.25) is 0 Å². The summed E-state index contributed by atoms with van der Waals surface area (Å²) >= 11 is 0. The molecular weight excluding hydrogens is 266 g/mol. The van der Waals surface area contributed by atoms with Crippen LogP contribution >= 0.6 is 0 Å². The highest BCUT2D eigenvalue weighted by Crippen LogP contribution is 2.28. The normalized spacial score (nSPS) is 16.2. The van der Waals surface area contributed by atoms with Gasteiger partial charge in [0, 0.05) is 32.0 Å². The maximum absolute atomic E-state index is 12.3. The summed E-state index contributed by atoms with van der Waals surface area (Å²) < 4.78 is 1.55. The summed E-state index contributed by atoms with van der Waals surface area (Å²) in [5.74, 6) is 0.465. The third-order valence-corrected chi connectivity index (χ3v) is 4.01. The fourth-order valence-electron chi connectivity index (χ4n) is 2.74. The van der Waals surface area contributed by atoms with Crippen LogP contribution in [0.5, 0.6) is 0 Å². The number of pyridine rings is 1. The SMILES string of the molecule is Cc1ccc(C2CCN(C(=O)c3cn(C)nn3)CC2)cn1. The second-order valence-electron chi connectivity index (χ2n) is 5.58. The first kappa shape index (κ1) is 13.7. The second-order valence-corrected chi connectivity index (χ2v) is 5.58. The van der Waals surface area contributed by atoms with Crippen LogP contribution in [-0.4, -0.2) is 43.9 Å². The van der Waals surface area contributed by atoms with E-state index in [1.165, 1.54) is 5.56 Å². The molecule has 1 amide bonds. The number of nitrogens with zero attached hydrogens (tertiary/aromatic N) is 5. The molecule has 0 N–H and O–H groups in total. The topological polar surface area (TPSA) is 63.9 Å². The van der Waals surface area contributed by atoms with E-state index >= 15 is 0 Å². The predicted molar refractivity (Wildman–Crippen MR) is 77.9 cm³/mol. The largest absolute Gasteiger partial charge is 0.337 e. The van der Waals surface area contributed by atoms with Crippen LogP contribution in [0.25, 0.3) is 0 Å². The zero-order chi connectivity index (χ0) is 14.8. The molecule has 0 aromatic carbocycles. The van der Waals surface area contributed by atoms with E-state index in [0.717, 1.165) is 31.6 Å². The van der Waals surface area contributed by atoms with Gasteiger partial charge < -0.3 is 4.90 Å². The number of hydrogen-bond acceptors (Lipinski definition) is 4. The zero-order valence-corrected chi connectivity index (χ0v) is 12.4. The van der Waals surface area contributed by atoms with Gasteiger partial charge in [-0.15, -0.1) is 5.10 Å². The minimum atomic E-state index is -0.0245. The minimum absolute atomic E-state index is 0.0245. The number of rotatable bonds is 2. The lowest BCUT2D eigenvalue weighted by atomic mass is 9.90. The van der Waals surface area contributed by atoms with Gasteiger partial charge in [0.15, 0.2) is 5.69 Å². The molecule has 1 fully saturated rings. The van der Waals surface area contributed by atoms with Gasteiger partial charge in [0.25, 0.3) is 5.91 Å². The molecule has 0 unspecified atom stereocenters. The summed E-state index contributed by atoms with van der Waals surface area (Å²) in [6.45, 7) is 3.51. The Morgan fingerprint density at radius 2 is 2.05 bits per heavy atom. The first-order valence-electron chi connectivity index (χ1n) is 7.21. The van der Waals surface area contributed by atoms with Crippen molar-refractivity contribution in [2.24, 2.45) is 7.05 Å². The number of aryl methyl sites for hydroxylation is 2. The van der Waals surface area contributed by atoms with Crippen molar-refractivity contribution in [2.75, 3.05) is 13.1 Å². The summed E-state index contributed by atoms with van der Waals surface area (Å²) in [5, 5.41) is 7.70. The van der Waals surface area contributed by atoms with Gasteiger partial charge >= 0.3 is 0 Å². The fraction of sp³-hybridized carbons (Fsp3) is 0.467. The standard InChI is InChI=1S/C15H19N5O/c1-11-3-4-13(9-16-11)12-5-7-20(8-6-12)15(21)14-10-19(2)18-17-14/h3-4,9-10,12H,5-8H2,1-2H3. The lowest BCUT2D eigenvalue weighted by Crippen LogP contribution is -2.38. The van der Waals surface area contributed by atoms with Crippen molar-refractivity contribution >= 4 is 5.91 Å². The van der Waals surface area contributed by atoms with Crippen LogP contribution in [0.15, 0.2) is 24.5 Å². The molecule has 110 valence electrons. The van der Waals surface area contributed by atoms with E-state index in [1.807, 2.05) is 24.1 Å². The Balaban J connectivity index is 1.62. The summed E-state index contributed by atoms with van der Waals surface area (Å²) in [5.41, 5.74) is 2.73. The Morgan fingerprint density at radius 1 is 1.29 bits per heavy atom. The molecule has 2 aromatic heterocycles. The molecule has 0 saturated carbocycles. The Labute approximate surface area is 123 Å². The molecule has 3 rings (SSSR count). The highest BCUT2D eigenvalue weighted by molar-refractivity contribution is 5.92. The Hall–Kier alpha value is -2.24. The Bertz CT molecular complexity index is 626. The first-order chi connectivity index (χ1) is 10.1. The molecule has 0 atom stereocenters. The van der Waals surface area contributed by atoms with Gasteiger partial charge in [-0.25, -0.2) is 0 Å². The first-order valence-corrected chi connectivity index (χ1v) is 7.21. The number of likely N-dealkylation sites (tertiary alicyclic amines) is 1. The van der Waals surface area contributed by atoms with Crippen molar-refractivity contribution in [3.05, 3.63) is 41.5 Å². The van der Waals surface area contributed by atoms with E-state index < -0.39 is 0 Å². The monoisotopic (exact) mass is 285 g/mol. The fourth-order valence-corrected chi connectivity index (χ4v) is 2.74. The summed E-state index contributed by atoms with van der Waals surface area (Å²) in [4.78, 5) is 18.5. The van der Waals surface area contributed by atoms with E-state index in [9.17, 15) is 4.79 Å². The average molecular weight is 285 g/mol. The van der Waals surface area contributed by atoms with Crippen molar-refractivity contribution in [3.63, 3.8) is 0 Å². The molecule has 6 heteroatoms. The van der Waals surface area contributed by atoms with E-state index in [2.05, 4.69) is 21.4 Å². The van der Waals surface area contributed by atoms with Crippen molar-refractivity contribution in [3.8, 4) is 0 Å². The van der Waals surface area contributed by atoms with Gasteiger partial charge in [-0.3, -0.25) is 14.5 Å². The summed E-state index contributed by atoms with van der Waals surface area (Å²) in [7, 11) is 1.76. The number of piperidine rings is 1. The number of amides is 1. The quantitative estimate of drug-likeness (QED) is 0.839. The van der Waals surface area contributed by atoms with Crippen LogP contribution in [0.4, 0.5) is 0 Å². The van der Waals surface area contributed by atoms with E-state index in [-0.39, 0.29) is 5.91 Å². The molecule has 1 aliphatic rings. The molecule has 0 aliphatic carbocycles. The van der Waals surface area contributed by atoms with Crippen LogP contribution in [0.1, 0.15) is 40.5 Å². The van der Waals surface area contributed by atoms with Crippen molar-refractivity contribution < 1.29 is 4.79 Å². The number of hydrogen-bond donors (Lipinski definition) is 0. The molecule has 0 bridgehead atoms. The molecule has 6 nitrogen and oxygen atoms in total. The highest BCUT2D eigenvalue weighted by Gasteiger charge is 2.26. The molecule has 1 aliphatic heterocycles. The lowest BCUT2D eigenvalue weighted by molar-refractivity contribution is 0.0707. The predicted octanol–water partition coefficient (Wildman–Crippen LogP) is 1.54. The van der Waals surface area contributed by atoms with Crippen molar-refractivity contribution in [1.82, 2.24) is 24.9 Å². The Morgan fingerprint density at radius 3 is 2.62 bits per heavy atom. The minimum Gasteiger partial charge on any atom is -0.337 e. The van der Waals surface area contributed by atoms with Gasteiger partial charge in [-0.2, -0.15) is 0 Å². The summed E-state index contributed by atoms with van der Waals surface area (Å²) in [6.07, 6.45) is 5.56. The molecule has 3 heterocycles. The van der Waals surface area contributed by atoms with Gasteiger partial charge in [0.05, 0.1) is 6.20 Å². The van der Waals surface area contributed by atoms with Crippen LogP contribution in [0, 0.1) is 6.92 Å². The van der Waals surface area contributed by atoms with E-state index in [4.69, 9.17) is 0 Å². The number of aromatic nitrogens is 4. The summed E-state index contributed by atoms with van der Waals surface area (Å²) in [6, 6.07) is 4.19. The van der Waals surface area contributed by atoms with Crippen molar-refractivity contribution in [1.29, 1.82) is 0 Å². The molecule has 2 aromatic rings. The molecule has 1 saturated heterocycles. The zero-order valence-electron chi connectivity index (χ0n) is 12.4. The van der Waals surface area contributed by atoms with E-state index in [0.29, 0.717) is 11.6 Å². The number of carbonyl (C=O) groups is 1. The van der Waals surface area contributed by atoms with Gasteiger partial charge in [-0.05, 0) is 37.3 Å². The second kappa shape index (κ2) is 5.63. The molecule has 21 heavy (non-hydrogen) atoms. The van der Waals surface area contributed by atoms with Gasteiger partial charge in [0.2, 0.25) is 0 Å². The van der Waals surface area contributed by atoms with Crippen molar-refractivity contribution in [2.45, 2.75) is 25.7 Å². The molecule has 0 spiro atoms. The molecular formula is C15H19N5O. The molecule has 0 radical (unpaired) electrons. The van der Waals surface area contributed by atoms with Crippen LogP contribution in [-0.2, 0) is 7.05 Å². The van der Waals surface area contributed by atoms with E-state index in [1.54, 1.807) is 17.9 Å². The third kappa shape index (κ3) is 2.94. The Kier molecular flexibility index (Phi) is 3.68. The highest BCUT2D eigenvalue weighted by atomic mass is 16.2. The van der Waals surface area contributed by atoms with Gasteiger partial charge in [-0.1, -0.05) is 11.3 Å². The smallest absolute Gasteiger partial charge is 0.276 e. The van der Waals surface area contributed by atoms with Gasteiger partial charge in [0.1, 0.15) is 0 Å². The average Bonchev–Trinajstić information content (AvgIpc) is 2.94. The maximum Gasteiger partial charge on any atom is 0.276 e. The third-order valence-electron chi connectivity index (χ3n) is 4.01. The maximum atomic E-state index is 12.3. The lowest BCUT2D eigenvalue weighted by Gasteiger charge is -2.31. The number of carbonyl (C=O) groups excluding carboxylic acids is 1. The van der Waals surface area contributed by atoms with Crippen LogP contribution < -0.4 is 0 Å². The van der Waals surface area contributed by atoms with Crippen LogP contribution in [0.3, 0.4) is 0 Å².